The number of hydrogen-bond donors (Lipinski definition) is 2. The molecule has 1 aromatic heterocycles. The molecule has 0 bridgehead atoms. The predicted octanol–water partition coefficient (Wildman–Crippen LogP) is 2.24. The highest BCUT2D eigenvalue weighted by molar-refractivity contribution is 5.85. The van der Waals surface area contributed by atoms with Crippen LogP contribution in [-0.4, -0.2) is 17.7 Å². The second-order valence-electron chi connectivity index (χ2n) is 5.15. The number of rotatable bonds is 3. The van der Waals surface area contributed by atoms with Crippen molar-refractivity contribution in [2.45, 2.75) is 13.5 Å². The molecule has 0 fully saturated rings. The minimum absolute atomic E-state index is 0. The summed E-state index contributed by atoms with van der Waals surface area (Å²) in [6.45, 7) is 2.87. The van der Waals surface area contributed by atoms with Crippen molar-refractivity contribution in [1.82, 2.24) is 5.32 Å². The average Bonchev–Trinajstić information content (AvgIpc) is 2.56. The molecule has 0 aliphatic rings. The Hall–Kier alpha value is -2.79. The summed E-state index contributed by atoms with van der Waals surface area (Å²) in [4.78, 5) is 9.38. The van der Waals surface area contributed by atoms with Crippen LogP contribution in [0.4, 0.5) is 4.79 Å². The van der Waals surface area contributed by atoms with Gasteiger partial charge in [0.25, 0.3) is 5.52 Å². The van der Waals surface area contributed by atoms with E-state index < -0.39 is 6.09 Å². The van der Waals surface area contributed by atoms with Gasteiger partial charge in [-0.1, -0.05) is 36.4 Å². The SMILES string of the molecule is CCNC(=O)[O-].Cl.Oc1cccc2ccc[n+](Cc3ccccc3)c12. The van der Waals surface area contributed by atoms with Crippen molar-refractivity contribution in [3.8, 4) is 5.75 Å². The van der Waals surface area contributed by atoms with Gasteiger partial charge in [-0.25, -0.2) is 0 Å². The van der Waals surface area contributed by atoms with Crippen molar-refractivity contribution < 1.29 is 19.6 Å². The molecule has 0 radical (unpaired) electrons. The first kappa shape index (κ1) is 20.3. The zero-order valence-electron chi connectivity index (χ0n) is 13.9. The molecule has 5 nitrogen and oxygen atoms in total. The molecule has 0 spiro atoms. The van der Waals surface area contributed by atoms with Crippen LogP contribution in [0.25, 0.3) is 10.9 Å². The monoisotopic (exact) mass is 360 g/mol. The van der Waals surface area contributed by atoms with E-state index >= 15 is 0 Å². The fraction of sp³-hybridized carbons (Fsp3) is 0.158. The summed E-state index contributed by atoms with van der Waals surface area (Å²) in [5.41, 5.74) is 2.10. The molecule has 3 aromatic rings. The van der Waals surface area contributed by atoms with Crippen molar-refractivity contribution >= 4 is 29.4 Å². The van der Waals surface area contributed by atoms with Crippen LogP contribution in [0.5, 0.6) is 5.75 Å². The number of aromatic nitrogens is 1. The number of pyridine rings is 1. The average molecular weight is 361 g/mol. The number of halogens is 1. The highest BCUT2D eigenvalue weighted by Crippen LogP contribution is 2.20. The number of para-hydroxylation sites is 1. The lowest BCUT2D eigenvalue weighted by atomic mass is 10.1. The minimum Gasteiger partial charge on any atom is -0.530 e. The first-order valence-corrected chi connectivity index (χ1v) is 7.70. The van der Waals surface area contributed by atoms with Crippen molar-refractivity contribution in [3.63, 3.8) is 0 Å². The number of carbonyl (C=O) groups is 1. The standard InChI is InChI=1S/C16H13NO.C3H7NO2.ClH/c18-15-10-4-8-14-9-5-11-17(16(14)15)12-13-6-2-1-3-7-13;1-2-4-3(5)6;/h1-11H,12H2;4H,2H2,1H3,(H,5,6);1H. The number of aromatic hydroxyl groups is 1. The number of amides is 1. The van der Waals surface area contributed by atoms with Crippen molar-refractivity contribution in [2.24, 2.45) is 0 Å². The van der Waals surface area contributed by atoms with Crippen LogP contribution in [0.2, 0.25) is 0 Å². The molecular weight excluding hydrogens is 340 g/mol. The van der Waals surface area contributed by atoms with Gasteiger partial charge in [-0.05, 0) is 25.1 Å². The lowest BCUT2D eigenvalue weighted by Crippen LogP contribution is -2.35. The van der Waals surface area contributed by atoms with Gasteiger partial charge in [-0.3, -0.25) is 0 Å². The maximum atomic E-state index is 10.0. The minimum atomic E-state index is -1.21. The number of nitrogens with zero attached hydrogens (tertiary/aromatic N) is 1. The fourth-order valence-corrected chi connectivity index (χ4v) is 2.38. The summed E-state index contributed by atoms with van der Waals surface area (Å²) >= 11 is 0. The number of carboxylic acid groups (broad SMARTS) is 1. The van der Waals surface area contributed by atoms with Gasteiger partial charge in [0.1, 0.15) is 6.09 Å². The molecule has 132 valence electrons. The summed E-state index contributed by atoms with van der Waals surface area (Å²) in [6, 6.07) is 19.9. The Balaban J connectivity index is 0.000000390. The number of phenolic OH excluding ortho intramolecular Hbond substituents is 1. The predicted molar refractivity (Wildman–Crippen MR) is 97.7 cm³/mol. The highest BCUT2D eigenvalue weighted by atomic mass is 35.5. The summed E-state index contributed by atoms with van der Waals surface area (Å²) in [6.07, 6.45) is 0.784. The van der Waals surface area contributed by atoms with E-state index in [2.05, 4.69) is 16.7 Å². The van der Waals surface area contributed by atoms with Crippen molar-refractivity contribution in [3.05, 3.63) is 72.4 Å². The third-order valence-electron chi connectivity index (χ3n) is 3.39. The van der Waals surface area contributed by atoms with Crippen molar-refractivity contribution in [2.75, 3.05) is 6.54 Å². The third-order valence-corrected chi connectivity index (χ3v) is 3.39. The van der Waals surface area contributed by atoms with Crippen LogP contribution in [0.15, 0.2) is 66.9 Å². The van der Waals surface area contributed by atoms with Crippen LogP contribution < -0.4 is 15.0 Å². The summed E-state index contributed by atoms with van der Waals surface area (Å²) in [5.74, 6) is 0.323. The van der Waals surface area contributed by atoms with Gasteiger partial charge < -0.3 is 20.3 Å². The molecule has 0 aliphatic heterocycles. The Bertz CT molecular complexity index is 805. The van der Waals surface area contributed by atoms with Gasteiger partial charge in [-0.2, -0.15) is 4.57 Å². The lowest BCUT2D eigenvalue weighted by Gasteiger charge is -2.03. The number of fused-ring (bicyclic) bond motifs is 1. The van der Waals surface area contributed by atoms with Gasteiger partial charge >= 0.3 is 0 Å². The van der Waals surface area contributed by atoms with Gasteiger partial charge in [0.15, 0.2) is 18.5 Å². The molecule has 0 saturated heterocycles. The van der Waals surface area contributed by atoms with Gasteiger partial charge in [0.05, 0.1) is 5.39 Å². The van der Waals surface area contributed by atoms with E-state index in [1.807, 2.05) is 54.0 Å². The van der Waals surface area contributed by atoms with E-state index in [1.165, 1.54) is 5.56 Å². The Morgan fingerprint density at radius 2 is 1.76 bits per heavy atom. The van der Waals surface area contributed by atoms with Gasteiger partial charge in [-0.15, -0.1) is 12.4 Å². The molecule has 1 amide bonds. The van der Waals surface area contributed by atoms with Crippen molar-refractivity contribution in [1.29, 1.82) is 0 Å². The van der Waals surface area contributed by atoms with E-state index in [9.17, 15) is 15.0 Å². The number of benzene rings is 2. The second-order valence-corrected chi connectivity index (χ2v) is 5.15. The molecular formula is C19H21ClN2O3. The number of hydrogen-bond acceptors (Lipinski definition) is 3. The molecule has 2 N–H and O–H groups in total. The maximum Gasteiger partial charge on any atom is 0.254 e. The quantitative estimate of drug-likeness (QED) is 0.703. The fourth-order valence-electron chi connectivity index (χ4n) is 2.38. The molecule has 0 unspecified atom stereocenters. The van der Waals surface area contributed by atoms with Crippen LogP contribution in [-0.2, 0) is 6.54 Å². The number of carbonyl (C=O) groups excluding carboxylic acids is 1. The first-order chi connectivity index (χ1) is 11.6. The van der Waals surface area contributed by atoms with Crippen LogP contribution in [0.3, 0.4) is 0 Å². The maximum absolute atomic E-state index is 10.0. The molecule has 1 heterocycles. The van der Waals surface area contributed by atoms with Crippen LogP contribution >= 0.6 is 12.4 Å². The molecule has 0 aliphatic carbocycles. The Kier molecular flexibility index (Phi) is 8.23. The van der Waals surface area contributed by atoms with E-state index in [0.717, 1.165) is 17.4 Å². The van der Waals surface area contributed by atoms with Gasteiger partial charge in [0, 0.05) is 18.2 Å². The van der Waals surface area contributed by atoms with Gasteiger partial charge in [0.2, 0.25) is 0 Å². The summed E-state index contributed by atoms with van der Waals surface area (Å²) in [7, 11) is 0. The van der Waals surface area contributed by atoms with E-state index in [4.69, 9.17) is 0 Å². The van der Waals surface area contributed by atoms with E-state index in [-0.39, 0.29) is 12.4 Å². The third kappa shape index (κ3) is 5.97. The first-order valence-electron chi connectivity index (χ1n) is 7.70. The summed E-state index contributed by atoms with van der Waals surface area (Å²) < 4.78 is 2.07. The van der Waals surface area contributed by atoms with Crippen LogP contribution in [0.1, 0.15) is 12.5 Å². The molecule has 3 rings (SSSR count). The van der Waals surface area contributed by atoms with E-state index in [0.29, 0.717) is 12.3 Å². The normalized spacial score (nSPS) is 9.48. The molecule has 6 heteroatoms. The Morgan fingerprint density at radius 1 is 1.08 bits per heavy atom. The highest BCUT2D eigenvalue weighted by Gasteiger charge is 2.12. The largest absolute Gasteiger partial charge is 0.530 e. The molecule has 0 saturated carbocycles. The Morgan fingerprint density at radius 3 is 2.36 bits per heavy atom. The lowest BCUT2D eigenvalue weighted by molar-refractivity contribution is -0.662. The molecule has 25 heavy (non-hydrogen) atoms. The zero-order chi connectivity index (χ0) is 17.4. The smallest absolute Gasteiger partial charge is 0.254 e. The van der Waals surface area contributed by atoms with E-state index in [1.54, 1.807) is 13.0 Å². The molecule has 0 atom stereocenters. The number of phenols is 1. The number of nitrogens with one attached hydrogen (secondary N) is 1. The molecule has 2 aromatic carbocycles. The summed E-state index contributed by atoms with van der Waals surface area (Å²) in [5, 5.41) is 22.4. The topological polar surface area (TPSA) is 76.3 Å². The Labute approximate surface area is 153 Å². The zero-order valence-corrected chi connectivity index (χ0v) is 14.7. The van der Waals surface area contributed by atoms with Crippen LogP contribution in [0, 0.1) is 0 Å². The second kappa shape index (κ2) is 10.2.